The van der Waals surface area contributed by atoms with Gasteiger partial charge in [-0.2, -0.15) is 4.68 Å². The number of pyridine rings is 1. The molecule has 4 aromatic rings. The van der Waals surface area contributed by atoms with Gasteiger partial charge in [-0.1, -0.05) is 19.9 Å². The third kappa shape index (κ3) is 4.74. The van der Waals surface area contributed by atoms with Gasteiger partial charge in [0.2, 0.25) is 0 Å². The lowest BCUT2D eigenvalue weighted by Crippen LogP contribution is -2.24. The van der Waals surface area contributed by atoms with Crippen molar-refractivity contribution in [2.24, 2.45) is 0 Å². The second-order valence-corrected chi connectivity index (χ2v) is 8.01. The minimum absolute atomic E-state index is 0.0575. The van der Waals surface area contributed by atoms with E-state index < -0.39 is 11.7 Å². The zero-order valence-electron chi connectivity index (χ0n) is 18.7. The van der Waals surface area contributed by atoms with Gasteiger partial charge in [0.25, 0.3) is 5.91 Å². The molecule has 33 heavy (non-hydrogen) atoms. The first-order valence-corrected chi connectivity index (χ1v) is 10.4. The van der Waals surface area contributed by atoms with Crippen molar-refractivity contribution >= 4 is 5.91 Å². The molecule has 0 aliphatic rings. The number of halogens is 1. The summed E-state index contributed by atoms with van der Waals surface area (Å²) < 4.78 is 17.0. The Morgan fingerprint density at radius 3 is 2.58 bits per heavy atom. The summed E-state index contributed by atoms with van der Waals surface area (Å²) in [6.45, 7) is 7.72. The highest BCUT2D eigenvalue weighted by Gasteiger charge is 2.22. The smallest absolute Gasteiger partial charge is 0.251 e. The minimum atomic E-state index is -0.568. The third-order valence-corrected chi connectivity index (χ3v) is 5.01. The fourth-order valence-electron chi connectivity index (χ4n) is 3.22. The highest BCUT2D eigenvalue weighted by atomic mass is 19.1. The molecule has 3 aromatic heterocycles. The van der Waals surface area contributed by atoms with Crippen LogP contribution in [0, 0.1) is 19.7 Å². The fourth-order valence-corrected chi connectivity index (χ4v) is 3.22. The molecule has 0 spiro atoms. The standard InChI is InChI=1S/C23H23FN8O/c1-13(2)22-29-30-31-32(22)20-8-16(23(33)28-12-17-11-25-15(4)10-26-17)7-18(21(20)24)19-6-5-14(3)9-27-19/h5-11,13H,12H2,1-4H3,(H,28,33). The molecule has 0 aliphatic heterocycles. The number of carbonyl (C=O) groups excluding carboxylic acids is 1. The number of aromatic nitrogens is 7. The van der Waals surface area contributed by atoms with Crippen molar-refractivity contribution in [3.8, 4) is 16.9 Å². The van der Waals surface area contributed by atoms with E-state index in [9.17, 15) is 4.79 Å². The first-order chi connectivity index (χ1) is 15.8. The van der Waals surface area contributed by atoms with Gasteiger partial charge in [-0.25, -0.2) is 4.39 Å². The van der Waals surface area contributed by atoms with Gasteiger partial charge >= 0.3 is 0 Å². The molecule has 1 aromatic carbocycles. The van der Waals surface area contributed by atoms with Crippen LogP contribution in [0.5, 0.6) is 0 Å². The van der Waals surface area contributed by atoms with Gasteiger partial charge in [0.1, 0.15) is 5.69 Å². The SMILES string of the molecule is Cc1ccc(-c2cc(C(=O)NCc3cnc(C)cn3)cc(-n3nnnc3C(C)C)c2F)nc1. The Hall–Kier alpha value is -4.08. The predicted octanol–water partition coefficient (Wildman–Crippen LogP) is 3.32. The molecule has 0 bridgehead atoms. The van der Waals surface area contributed by atoms with E-state index >= 15 is 4.39 Å². The molecule has 0 aliphatic carbocycles. The number of amides is 1. The molecule has 0 saturated heterocycles. The van der Waals surface area contributed by atoms with Crippen molar-refractivity contribution < 1.29 is 9.18 Å². The Balaban J connectivity index is 1.76. The Morgan fingerprint density at radius 2 is 1.91 bits per heavy atom. The lowest BCUT2D eigenvalue weighted by atomic mass is 10.0. The van der Waals surface area contributed by atoms with Crippen molar-refractivity contribution in [3.63, 3.8) is 0 Å². The topological polar surface area (TPSA) is 111 Å². The summed E-state index contributed by atoms with van der Waals surface area (Å²) in [5, 5.41) is 14.5. The van der Waals surface area contributed by atoms with Crippen molar-refractivity contribution in [3.05, 3.63) is 77.0 Å². The summed E-state index contributed by atoms with van der Waals surface area (Å²) in [7, 11) is 0. The molecule has 0 atom stereocenters. The van der Waals surface area contributed by atoms with E-state index in [0.717, 1.165) is 11.3 Å². The quantitative estimate of drug-likeness (QED) is 0.484. The molecule has 3 heterocycles. The average Bonchev–Trinajstić information content (AvgIpc) is 3.29. The zero-order chi connectivity index (χ0) is 23.5. The molecule has 0 fully saturated rings. The molecule has 168 valence electrons. The largest absolute Gasteiger partial charge is 0.346 e. The van der Waals surface area contributed by atoms with Crippen LogP contribution in [0.3, 0.4) is 0 Å². The summed E-state index contributed by atoms with van der Waals surface area (Å²) in [5.74, 6) is -0.546. The molecule has 1 amide bonds. The molecular formula is C23H23FN8O. The third-order valence-electron chi connectivity index (χ3n) is 5.01. The van der Waals surface area contributed by atoms with Crippen LogP contribution in [-0.4, -0.2) is 41.1 Å². The van der Waals surface area contributed by atoms with E-state index in [0.29, 0.717) is 17.2 Å². The van der Waals surface area contributed by atoms with Crippen LogP contribution < -0.4 is 5.32 Å². The van der Waals surface area contributed by atoms with Gasteiger partial charge in [0.05, 0.1) is 29.8 Å². The van der Waals surface area contributed by atoms with Crippen LogP contribution in [0.2, 0.25) is 0 Å². The van der Waals surface area contributed by atoms with Crippen molar-refractivity contribution in [1.82, 2.24) is 40.5 Å². The van der Waals surface area contributed by atoms with E-state index in [-0.39, 0.29) is 29.3 Å². The Labute approximate surface area is 190 Å². The normalized spacial score (nSPS) is 11.1. The highest BCUT2D eigenvalue weighted by molar-refractivity contribution is 5.96. The van der Waals surface area contributed by atoms with Gasteiger partial charge in [0.15, 0.2) is 11.6 Å². The minimum Gasteiger partial charge on any atom is -0.346 e. The Bertz CT molecular complexity index is 1280. The first kappa shape index (κ1) is 22.1. The summed E-state index contributed by atoms with van der Waals surface area (Å²) >= 11 is 0. The van der Waals surface area contributed by atoms with Crippen LogP contribution in [0.15, 0.2) is 42.9 Å². The maximum atomic E-state index is 15.7. The number of hydrogen-bond donors (Lipinski definition) is 1. The molecule has 1 N–H and O–H groups in total. The van der Waals surface area contributed by atoms with Crippen LogP contribution in [0.25, 0.3) is 16.9 Å². The molecule has 0 unspecified atom stereocenters. The van der Waals surface area contributed by atoms with Gasteiger partial charge in [0, 0.05) is 29.4 Å². The van der Waals surface area contributed by atoms with Crippen molar-refractivity contribution in [2.75, 3.05) is 0 Å². The van der Waals surface area contributed by atoms with Gasteiger partial charge in [-0.05, 0) is 48.0 Å². The second-order valence-electron chi connectivity index (χ2n) is 8.01. The Morgan fingerprint density at radius 1 is 1.09 bits per heavy atom. The number of tetrazole rings is 1. The number of aryl methyl sites for hydroxylation is 2. The highest BCUT2D eigenvalue weighted by Crippen LogP contribution is 2.29. The van der Waals surface area contributed by atoms with E-state index in [1.807, 2.05) is 33.8 Å². The lowest BCUT2D eigenvalue weighted by Gasteiger charge is -2.14. The summed E-state index contributed by atoms with van der Waals surface area (Å²) in [4.78, 5) is 25.8. The number of benzene rings is 1. The van der Waals surface area contributed by atoms with Gasteiger partial charge < -0.3 is 5.32 Å². The second kappa shape index (κ2) is 9.19. The maximum Gasteiger partial charge on any atom is 0.251 e. The van der Waals surface area contributed by atoms with E-state index in [4.69, 9.17) is 0 Å². The monoisotopic (exact) mass is 446 g/mol. The summed E-state index contributed by atoms with van der Waals surface area (Å²) in [6, 6.07) is 6.46. The molecule has 4 rings (SSSR count). The van der Waals surface area contributed by atoms with Crippen molar-refractivity contribution in [1.29, 1.82) is 0 Å². The predicted molar refractivity (Wildman–Crippen MR) is 119 cm³/mol. The van der Waals surface area contributed by atoms with Crippen LogP contribution in [-0.2, 0) is 6.54 Å². The maximum absolute atomic E-state index is 15.7. The first-order valence-electron chi connectivity index (χ1n) is 10.4. The number of nitrogens with one attached hydrogen (secondary N) is 1. The molecule has 9 nitrogen and oxygen atoms in total. The molecule has 10 heteroatoms. The van der Waals surface area contributed by atoms with E-state index in [1.54, 1.807) is 24.7 Å². The summed E-state index contributed by atoms with van der Waals surface area (Å²) in [6.07, 6.45) is 4.88. The van der Waals surface area contributed by atoms with Crippen LogP contribution in [0.1, 0.15) is 52.9 Å². The number of rotatable bonds is 6. The zero-order valence-corrected chi connectivity index (χ0v) is 18.7. The number of hydrogen-bond acceptors (Lipinski definition) is 7. The van der Waals surface area contributed by atoms with E-state index in [2.05, 4.69) is 35.8 Å². The van der Waals surface area contributed by atoms with Crippen LogP contribution >= 0.6 is 0 Å². The molecule has 0 saturated carbocycles. The van der Waals surface area contributed by atoms with E-state index in [1.165, 1.54) is 16.8 Å². The van der Waals surface area contributed by atoms with Crippen LogP contribution in [0.4, 0.5) is 4.39 Å². The number of carbonyl (C=O) groups is 1. The summed E-state index contributed by atoms with van der Waals surface area (Å²) in [5.41, 5.74) is 3.23. The molecular weight excluding hydrogens is 423 g/mol. The Kier molecular flexibility index (Phi) is 6.16. The van der Waals surface area contributed by atoms with Crippen molar-refractivity contribution in [2.45, 2.75) is 40.2 Å². The average molecular weight is 446 g/mol. The lowest BCUT2D eigenvalue weighted by molar-refractivity contribution is 0.0950. The number of nitrogens with zero attached hydrogens (tertiary/aromatic N) is 7. The molecule has 0 radical (unpaired) electrons. The van der Waals surface area contributed by atoms with Gasteiger partial charge in [-0.15, -0.1) is 5.10 Å². The van der Waals surface area contributed by atoms with Gasteiger partial charge in [-0.3, -0.25) is 19.7 Å². The fraction of sp³-hybridized carbons (Fsp3) is 0.261.